The monoisotopic (exact) mass is 303 g/mol. The van der Waals surface area contributed by atoms with Gasteiger partial charge in [0.1, 0.15) is 0 Å². The molecule has 4 heteroatoms. The van der Waals surface area contributed by atoms with Crippen molar-refractivity contribution in [3.05, 3.63) is 48.0 Å². The van der Waals surface area contributed by atoms with Crippen LogP contribution in [0.1, 0.15) is 30.9 Å². The maximum Gasteiger partial charge on any atom is 0.308 e. The average Bonchev–Trinajstić information content (AvgIpc) is 2.48. The molecular weight excluding hydrogens is 278 g/mol. The van der Waals surface area contributed by atoms with Crippen LogP contribution in [0.25, 0.3) is 0 Å². The van der Waals surface area contributed by atoms with Crippen molar-refractivity contribution >= 4 is 11.9 Å². The zero-order valence-electron chi connectivity index (χ0n) is 13.4. The lowest BCUT2D eigenvalue weighted by Gasteiger charge is -2.23. The molecule has 0 aliphatic carbocycles. The van der Waals surface area contributed by atoms with Gasteiger partial charge >= 0.3 is 5.97 Å². The van der Waals surface area contributed by atoms with Crippen LogP contribution in [0.4, 0.5) is 0 Å². The maximum absolute atomic E-state index is 12.2. The Morgan fingerprint density at radius 3 is 2.50 bits per heavy atom. The SMILES string of the molecule is C=CCN(CC(C)C(=O)O)C(=O)CCCc1ccc(C)cc1. The van der Waals surface area contributed by atoms with Crippen LogP contribution >= 0.6 is 0 Å². The molecule has 0 fully saturated rings. The second kappa shape index (κ2) is 9.03. The Balaban J connectivity index is 2.47. The summed E-state index contributed by atoms with van der Waals surface area (Å²) in [5.41, 5.74) is 2.44. The lowest BCUT2D eigenvalue weighted by atomic mass is 10.1. The quantitative estimate of drug-likeness (QED) is 0.713. The number of rotatable bonds is 9. The summed E-state index contributed by atoms with van der Waals surface area (Å²) in [5.74, 6) is -1.47. The van der Waals surface area contributed by atoms with E-state index in [1.807, 2.05) is 6.92 Å². The van der Waals surface area contributed by atoms with Crippen LogP contribution in [-0.4, -0.2) is 35.0 Å². The summed E-state index contributed by atoms with van der Waals surface area (Å²) in [6.45, 7) is 7.90. The van der Waals surface area contributed by atoms with Gasteiger partial charge in [-0.25, -0.2) is 0 Å². The minimum atomic E-state index is -0.887. The number of carbonyl (C=O) groups is 2. The topological polar surface area (TPSA) is 57.6 Å². The van der Waals surface area contributed by atoms with Crippen LogP contribution < -0.4 is 0 Å². The van der Waals surface area contributed by atoms with E-state index in [1.54, 1.807) is 17.9 Å². The number of hydrogen-bond donors (Lipinski definition) is 1. The lowest BCUT2D eigenvalue weighted by molar-refractivity contribution is -0.142. The van der Waals surface area contributed by atoms with Crippen LogP contribution in [-0.2, 0) is 16.0 Å². The number of carbonyl (C=O) groups excluding carboxylic acids is 1. The Kier molecular flexibility index (Phi) is 7.37. The molecule has 0 saturated heterocycles. The van der Waals surface area contributed by atoms with Crippen LogP contribution in [0.15, 0.2) is 36.9 Å². The van der Waals surface area contributed by atoms with E-state index in [0.717, 1.165) is 12.8 Å². The number of aliphatic carboxylic acids is 1. The molecule has 0 spiro atoms. The Bertz CT molecular complexity index is 508. The molecule has 0 aliphatic heterocycles. The first-order valence-corrected chi connectivity index (χ1v) is 7.61. The number of nitrogens with zero attached hydrogens (tertiary/aromatic N) is 1. The molecule has 120 valence electrons. The number of benzene rings is 1. The third kappa shape index (κ3) is 6.12. The average molecular weight is 303 g/mol. The van der Waals surface area contributed by atoms with Gasteiger partial charge in [-0.1, -0.05) is 42.8 Å². The molecule has 1 amide bonds. The Labute approximate surface area is 132 Å². The summed E-state index contributed by atoms with van der Waals surface area (Å²) in [6.07, 6.45) is 3.67. The van der Waals surface area contributed by atoms with Gasteiger partial charge in [-0.2, -0.15) is 0 Å². The molecule has 1 atom stereocenters. The fraction of sp³-hybridized carbons (Fsp3) is 0.444. The summed E-state index contributed by atoms with van der Waals surface area (Å²) in [7, 11) is 0. The van der Waals surface area contributed by atoms with Crippen molar-refractivity contribution in [1.82, 2.24) is 4.90 Å². The molecular formula is C18H25NO3. The van der Waals surface area contributed by atoms with Crippen molar-refractivity contribution in [3.8, 4) is 0 Å². The normalized spacial score (nSPS) is 11.7. The van der Waals surface area contributed by atoms with Gasteiger partial charge < -0.3 is 10.0 Å². The third-order valence-electron chi connectivity index (χ3n) is 3.59. The second-order valence-corrected chi connectivity index (χ2v) is 5.67. The summed E-state index contributed by atoms with van der Waals surface area (Å²) in [5, 5.41) is 8.96. The molecule has 1 aromatic carbocycles. The van der Waals surface area contributed by atoms with Crippen molar-refractivity contribution in [3.63, 3.8) is 0 Å². The van der Waals surface area contributed by atoms with E-state index in [0.29, 0.717) is 13.0 Å². The van der Waals surface area contributed by atoms with Crippen molar-refractivity contribution in [2.75, 3.05) is 13.1 Å². The molecule has 22 heavy (non-hydrogen) atoms. The summed E-state index contributed by atoms with van der Waals surface area (Å²) < 4.78 is 0. The maximum atomic E-state index is 12.2. The van der Waals surface area contributed by atoms with Gasteiger partial charge in [0.15, 0.2) is 0 Å². The van der Waals surface area contributed by atoms with Crippen molar-refractivity contribution in [1.29, 1.82) is 0 Å². The molecule has 4 nitrogen and oxygen atoms in total. The van der Waals surface area contributed by atoms with E-state index in [9.17, 15) is 9.59 Å². The van der Waals surface area contributed by atoms with Crippen molar-refractivity contribution in [2.45, 2.75) is 33.1 Å². The smallest absolute Gasteiger partial charge is 0.308 e. The minimum absolute atomic E-state index is 0.0138. The van der Waals surface area contributed by atoms with Crippen LogP contribution in [0, 0.1) is 12.8 Å². The highest BCUT2D eigenvalue weighted by molar-refractivity contribution is 5.77. The fourth-order valence-electron chi connectivity index (χ4n) is 2.20. The number of aryl methyl sites for hydroxylation is 2. The highest BCUT2D eigenvalue weighted by Crippen LogP contribution is 2.10. The van der Waals surface area contributed by atoms with Crippen molar-refractivity contribution < 1.29 is 14.7 Å². The van der Waals surface area contributed by atoms with E-state index in [1.165, 1.54) is 11.1 Å². The molecule has 1 aromatic rings. The van der Waals surface area contributed by atoms with Gasteiger partial charge in [0.05, 0.1) is 5.92 Å². The number of hydrogen-bond acceptors (Lipinski definition) is 2. The first-order chi connectivity index (χ1) is 10.4. The van der Waals surface area contributed by atoms with Crippen molar-refractivity contribution in [2.24, 2.45) is 5.92 Å². The Morgan fingerprint density at radius 2 is 1.95 bits per heavy atom. The predicted octanol–water partition coefficient (Wildman–Crippen LogP) is 3.05. The molecule has 0 radical (unpaired) electrons. The highest BCUT2D eigenvalue weighted by atomic mass is 16.4. The molecule has 0 bridgehead atoms. The summed E-state index contributed by atoms with van der Waals surface area (Å²) in [4.78, 5) is 24.7. The molecule has 0 heterocycles. The van der Waals surface area contributed by atoms with E-state index >= 15 is 0 Å². The Morgan fingerprint density at radius 1 is 1.32 bits per heavy atom. The second-order valence-electron chi connectivity index (χ2n) is 5.67. The molecule has 0 aliphatic rings. The minimum Gasteiger partial charge on any atom is -0.481 e. The van der Waals surface area contributed by atoms with Gasteiger partial charge in [-0.3, -0.25) is 9.59 Å². The van der Waals surface area contributed by atoms with Gasteiger partial charge in [-0.05, 0) is 25.3 Å². The molecule has 0 aromatic heterocycles. The van der Waals surface area contributed by atoms with E-state index in [2.05, 4.69) is 30.8 Å². The van der Waals surface area contributed by atoms with Crippen LogP contribution in [0.3, 0.4) is 0 Å². The standard InChI is InChI=1S/C18H25NO3/c1-4-12-19(13-15(3)18(21)22)17(20)7-5-6-16-10-8-14(2)9-11-16/h4,8-11,15H,1,5-7,12-13H2,2-3H3,(H,21,22). The zero-order chi connectivity index (χ0) is 16.5. The van der Waals surface area contributed by atoms with Gasteiger partial charge in [0.2, 0.25) is 5.91 Å². The molecule has 0 saturated carbocycles. The zero-order valence-corrected chi connectivity index (χ0v) is 13.4. The van der Waals surface area contributed by atoms with Gasteiger partial charge in [-0.15, -0.1) is 6.58 Å². The van der Waals surface area contributed by atoms with Gasteiger partial charge in [0.25, 0.3) is 0 Å². The molecule has 1 N–H and O–H groups in total. The van der Waals surface area contributed by atoms with E-state index in [-0.39, 0.29) is 12.5 Å². The highest BCUT2D eigenvalue weighted by Gasteiger charge is 2.19. The lowest BCUT2D eigenvalue weighted by Crippen LogP contribution is -2.37. The third-order valence-corrected chi connectivity index (χ3v) is 3.59. The molecule has 1 unspecified atom stereocenters. The molecule has 1 rings (SSSR count). The van der Waals surface area contributed by atoms with E-state index in [4.69, 9.17) is 5.11 Å². The Hall–Kier alpha value is -2.10. The van der Waals surface area contributed by atoms with Crippen LogP contribution in [0.2, 0.25) is 0 Å². The fourth-order valence-corrected chi connectivity index (χ4v) is 2.20. The largest absolute Gasteiger partial charge is 0.481 e. The first kappa shape index (κ1) is 18.0. The number of amides is 1. The predicted molar refractivity (Wildman–Crippen MR) is 87.7 cm³/mol. The first-order valence-electron chi connectivity index (χ1n) is 7.61. The summed E-state index contributed by atoms with van der Waals surface area (Å²) in [6, 6.07) is 8.28. The summed E-state index contributed by atoms with van der Waals surface area (Å²) >= 11 is 0. The van der Waals surface area contributed by atoms with Crippen LogP contribution in [0.5, 0.6) is 0 Å². The van der Waals surface area contributed by atoms with E-state index < -0.39 is 11.9 Å². The number of carboxylic acids is 1. The van der Waals surface area contributed by atoms with Gasteiger partial charge in [0, 0.05) is 19.5 Å². The number of carboxylic acid groups (broad SMARTS) is 1.